The van der Waals surface area contributed by atoms with Crippen molar-refractivity contribution in [1.82, 2.24) is 4.98 Å². The molecule has 0 N–H and O–H groups in total. The summed E-state index contributed by atoms with van der Waals surface area (Å²) in [7, 11) is 0. The molecule has 0 saturated carbocycles. The van der Waals surface area contributed by atoms with Gasteiger partial charge in [-0.2, -0.15) is 5.26 Å². The fourth-order valence-electron chi connectivity index (χ4n) is 1.86. The Hall–Kier alpha value is -2.33. The van der Waals surface area contributed by atoms with Crippen LogP contribution < -0.4 is 4.90 Å². The van der Waals surface area contributed by atoms with E-state index in [1.54, 1.807) is 30.3 Å². The number of anilines is 1. The first kappa shape index (κ1) is 19.0. The van der Waals surface area contributed by atoms with Gasteiger partial charge in [0.15, 0.2) is 12.3 Å². The highest BCUT2D eigenvalue weighted by molar-refractivity contribution is 6.48. The molecular formula is C16H10Cl3N3O3. The molecule has 0 aliphatic heterocycles. The molecule has 0 aliphatic rings. The number of rotatable bonds is 5. The van der Waals surface area contributed by atoms with Crippen LogP contribution in [0, 0.1) is 11.3 Å². The molecule has 0 radical (unpaired) electrons. The Labute approximate surface area is 158 Å². The highest BCUT2D eigenvalue weighted by Crippen LogP contribution is 2.31. The lowest BCUT2D eigenvalue weighted by molar-refractivity contribution is -0.121. The Balaban J connectivity index is 2.09. The van der Waals surface area contributed by atoms with Crippen molar-refractivity contribution < 1.29 is 14.3 Å². The Morgan fingerprint density at radius 1 is 1.16 bits per heavy atom. The zero-order valence-corrected chi connectivity index (χ0v) is 14.8. The molecule has 2 rings (SSSR count). The number of nitriles is 1. The molecule has 1 aromatic heterocycles. The van der Waals surface area contributed by atoms with Crippen LogP contribution in [0.25, 0.3) is 0 Å². The smallest absolute Gasteiger partial charge is 0.359 e. The number of ether oxygens (including phenoxy) is 1. The van der Waals surface area contributed by atoms with E-state index in [9.17, 15) is 9.59 Å². The lowest BCUT2D eigenvalue weighted by Crippen LogP contribution is -2.35. The standard InChI is InChI=1S/C16H10Cl3N3O3/c17-11-8-21-15(14(19)13(11)18)16(24)25-9-12(23)22(7-6-20)10-4-2-1-3-5-10/h1-5,8H,7,9H2. The van der Waals surface area contributed by atoms with E-state index in [4.69, 9.17) is 44.8 Å². The number of amides is 1. The SMILES string of the molecule is N#CCN(C(=O)COC(=O)c1ncc(Cl)c(Cl)c1Cl)c1ccccc1. The van der Waals surface area contributed by atoms with Gasteiger partial charge in [-0.25, -0.2) is 9.78 Å². The zero-order chi connectivity index (χ0) is 18.4. The second kappa shape index (κ2) is 8.67. The third-order valence-corrected chi connectivity index (χ3v) is 4.28. The average molecular weight is 399 g/mol. The molecule has 128 valence electrons. The van der Waals surface area contributed by atoms with Crippen LogP contribution in [0.3, 0.4) is 0 Å². The maximum Gasteiger partial charge on any atom is 0.359 e. The van der Waals surface area contributed by atoms with E-state index >= 15 is 0 Å². The number of para-hydroxylation sites is 1. The second-order valence-corrected chi connectivity index (χ2v) is 5.80. The van der Waals surface area contributed by atoms with Gasteiger partial charge in [0.1, 0.15) is 6.54 Å². The maximum absolute atomic E-state index is 12.3. The van der Waals surface area contributed by atoms with Crippen molar-refractivity contribution >= 4 is 52.4 Å². The summed E-state index contributed by atoms with van der Waals surface area (Å²) in [5.74, 6) is -1.50. The lowest BCUT2D eigenvalue weighted by atomic mass is 10.3. The number of pyridine rings is 1. The van der Waals surface area contributed by atoms with E-state index in [0.29, 0.717) is 5.69 Å². The molecule has 0 aliphatic carbocycles. The average Bonchev–Trinajstić information content (AvgIpc) is 2.62. The van der Waals surface area contributed by atoms with Crippen LogP contribution in [0.2, 0.25) is 15.1 Å². The summed E-state index contributed by atoms with van der Waals surface area (Å²) in [5, 5.41) is 8.78. The number of hydrogen-bond donors (Lipinski definition) is 0. The predicted molar refractivity (Wildman–Crippen MR) is 94.0 cm³/mol. The van der Waals surface area contributed by atoms with E-state index in [2.05, 4.69) is 4.98 Å². The molecule has 6 nitrogen and oxygen atoms in total. The minimum Gasteiger partial charge on any atom is -0.451 e. The van der Waals surface area contributed by atoms with Gasteiger partial charge in [0.2, 0.25) is 0 Å². The van der Waals surface area contributed by atoms with E-state index in [-0.39, 0.29) is 27.3 Å². The summed E-state index contributed by atoms with van der Waals surface area (Å²) in [4.78, 5) is 29.3. The molecule has 1 aromatic carbocycles. The van der Waals surface area contributed by atoms with Gasteiger partial charge in [-0.15, -0.1) is 0 Å². The van der Waals surface area contributed by atoms with Crippen molar-refractivity contribution in [2.45, 2.75) is 0 Å². The fourth-order valence-corrected chi connectivity index (χ4v) is 2.42. The third-order valence-electron chi connectivity index (χ3n) is 3.04. The van der Waals surface area contributed by atoms with Gasteiger partial charge in [-0.05, 0) is 12.1 Å². The normalized spacial score (nSPS) is 10.0. The number of nitrogens with zero attached hydrogens (tertiary/aromatic N) is 3. The topological polar surface area (TPSA) is 83.3 Å². The molecule has 0 bridgehead atoms. The molecule has 9 heteroatoms. The van der Waals surface area contributed by atoms with Gasteiger partial charge in [0.25, 0.3) is 5.91 Å². The van der Waals surface area contributed by atoms with Crippen LogP contribution >= 0.6 is 34.8 Å². The first-order valence-corrected chi connectivity index (χ1v) is 7.98. The number of carbonyl (C=O) groups excluding carboxylic acids is 2. The minimum absolute atomic E-state index is 0.0352. The molecule has 0 unspecified atom stereocenters. The van der Waals surface area contributed by atoms with Crippen molar-refractivity contribution in [3.05, 3.63) is 57.3 Å². The summed E-state index contributed by atoms with van der Waals surface area (Å²) in [6.07, 6.45) is 1.15. The summed E-state index contributed by atoms with van der Waals surface area (Å²) in [5.41, 5.74) is 0.256. The summed E-state index contributed by atoms with van der Waals surface area (Å²) < 4.78 is 4.93. The number of esters is 1. The summed E-state index contributed by atoms with van der Waals surface area (Å²) in [6, 6.07) is 10.4. The maximum atomic E-state index is 12.3. The number of hydrogen-bond acceptors (Lipinski definition) is 5. The van der Waals surface area contributed by atoms with Crippen LogP contribution in [0.15, 0.2) is 36.5 Å². The van der Waals surface area contributed by atoms with Gasteiger partial charge in [0, 0.05) is 11.9 Å². The molecule has 25 heavy (non-hydrogen) atoms. The summed E-state index contributed by atoms with van der Waals surface area (Å²) in [6.45, 7) is -0.778. The summed E-state index contributed by atoms with van der Waals surface area (Å²) >= 11 is 17.5. The van der Waals surface area contributed by atoms with Crippen LogP contribution in [-0.4, -0.2) is 30.0 Å². The molecule has 1 heterocycles. The molecule has 0 spiro atoms. The van der Waals surface area contributed by atoms with Gasteiger partial charge in [0.05, 0.1) is 21.1 Å². The van der Waals surface area contributed by atoms with Crippen LogP contribution in [0.1, 0.15) is 10.5 Å². The van der Waals surface area contributed by atoms with Crippen LogP contribution in [0.5, 0.6) is 0 Å². The molecule has 2 aromatic rings. The first-order chi connectivity index (χ1) is 12.0. The zero-order valence-electron chi connectivity index (χ0n) is 12.6. The van der Waals surface area contributed by atoms with Crippen molar-refractivity contribution in [2.75, 3.05) is 18.1 Å². The van der Waals surface area contributed by atoms with Crippen molar-refractivity contribution in [3.8, 4) is 6.07 Å². The van der Waals surface area contributed by atoms with Gasteiger partial charge in [-0.1, -0.05) is 53.0 Å². The number of halogens is 3. The van der Waals surface area contributed by atoms with E-state index in [1.807, 2.05) is 6.07 Å². The van der Waals surface area contributed by atoms with Gasteiger partial charge in [-0.3, -0.25) is 9.69 Å². The number of benzene rings is 1. The predicted octanol–water partition coefficient (Wildman–Crippen LogP) is 3.76. The third kappa shape index (κ3) is 4.60. The van der Waals surface area contributed by atoms with Crippen LogP contribution in [0.4, 0.5) is 5.69 Å². The molecule has 0 atom stereocenters. The Bertz CT molecular complexity index is 838. The lowest BCUT2D eigenvalue weighted by Gasteiger charge is -2.19. The largest absolute Gasteiger partial charge is 0.451 e. The molecule has 1 amide bonds. The monoisotopic (exact) mass is 397 g/mol. The molecule has 0 saturated heterocycles. The number of aromatic nitrogens is 1. The minimum atomic E-state index is -0.929. The quantitative estimate of drug-likeness (QED) is 0.566. The first-order valence-electron chi connectivity index (χ1n) is 6.84. The van der Waals surface area contributed by atoms with E-state index in [1.165, 1.54) is 4.90 Å². The highest BCUT2D eigenvalue weighted by Gasteiger charge is 2.21. The van der Waals surface area contributed by atoms with Crippen molar-refractivity contribution in [1.29, 1.82) is 5.26 Å². The fraction of sp³-hybridized carbons (Fsp3) is 0.125. The van der Waals surface area contributed by atoms with E-state index < -0.39 is 18.5 Å². The number of carbonyl (C=O) groups is 2. The van der Waals surface area contributed by atoms with Gasteiger partial charge >= 0.3 is 5.97 Å². The molecule has 0 fully saturated rings. The van der Waals surface area contributed by atoms with Crippen LogP contribution in [-0.2, 0) is 9.53 Å². The van der Waals surface area contributed by atoms with Crippen molar-refractivity contribution in [2.24, 2.45) is 0 Å². The Morgan fingerprint density at radius 2 is 1.84 bits per heavy atom. The molecular weight excluding hydrogens is 389 g/mol. The van der Waals surface area contributed by atoms with Gasteiger partial charge < -0.3 is 4.74 Å². The van der Waals surface area contributed by atoms with Crippen molar-refractivity contribution in [3.63, 3.8) is 0 Å². The van der Waals surface area contributed by atoms with E-state index in [0.717, 1.165) is 6.20 Å². The Morgan fingerprint density at radius 3 is 2.48 bits per heavy atom. The highest BCUT2D eigenvalue weighted by atomic mass is 35.5. The second-order valence-electron chi connectivity index (χ2n) is 4.63. The Kier molecular flexibility index (Phi) is 6.59.